The van der Waals surface area contributed by atoms with Gasteiger partial charge in [0.25, 0.3) is 0 Å². The maximum atomic E-state index is 12.7. The Morgan fingerprint density at radius 1 is 0.973 bits per heavy atom. The zero-order chi connectivity index (χ0) is 26.2. The van der Waals surface area contributed by atoms with Gasteiger partial charge in [-0.15, -0.1) is 0 Å². The van der Waals surface area contributed by atoms with Gasteiger partial charge >= 0.3 is 5.97 Å². The van der Waals surface area contributed by atoms with Gasteiger partial charge in [-0.25, -0.2) is 0 Å². The van der Waals surface area contributed by atoms with E-state index in [1.54, 1.807) is 5.57 Å². The molecule has 0 aromatic heterocycles. The zero-order valence-corrected chi connectivity index (χ0v) is 24.3. The molecule has 8 atom stereocenters. The summed E-state index contributed by atoms with van der Waals surface area (Å²) in [5, 5.41) is 0. The number of carbonyl (C=O) groups is 1. The molecule has 0 aliphatic heterocycles. The van der Waals surface area contributed by atoms with Crippen molar-refractivity contribution in [1.82, 2.24) is 0 Å². The number of hydrogen-bond acceptors (Lipinski definition) is 2. The highest BCUT2D eigenvalue weighted by molar-refractivity contribution is 5.72. The van der Waals surface area contributed by atoms with Crippen molar-refractivity contribution in [1.29, 1.82) is 0 Å². The lowest BCUT2D eigenvalue weighted by molar-refractivity contribution is -0.150. The fraction of sp³-hybridized carbons (Fsp3) is 0.743. The Morgan fingerprint density at radius 2 is 1.76 bits per heavy atom. The van der Waals surface area contributed by atoms with Crippen molar-refractivity contribution < 1.29 is 9.53 Å². The third-order valence-electron chi connectivity index (χ3n) is 11.7. The van der Waals surface area contributed by atoms with Crippen LogP contribution in [0.4, 0.5) is 0 Å². The Bertz CT molecular complexity index is 963. The average molecular weight is 505 g/mol. The van der Waals surface area contributed by atoms with Crippen LogP contribution in [0.3, 0.4) is 0 Å². The number of fused-ring (bicyclic) bond motifs is 5. The molecule has 4 aliphatic rings. The third kappa shape index (κ3) is 5.33. The SMILES string of the molecule is CC(C)CCCC(C)[C@H]1CC[C@H]2[C@@H]3CC=C4C[C@@H](OC(=O)Cc5ccccc5)CC[C@]4(C)[C@H]3CC[C@]12C. The van der Waals surface area contributed by atoms with Crippen LogP contribution in [0.2, 0.25) is 0 Å². The molecule has 2 nitrogen and oxygen atoms in total. The second-order valence-electron chi connectivity index (χ2n) is 14.3. The minimum absolute atomic E-state index is 0.0588. The van der Waals surface area contributed by atoms with Gasteiger partial charge in [0, 0.05) is 6.42 Å². The van der Waals surface area contributed by atoms with Gasteiger partial charge < -0.3 is 4.74 Å². The van der Waals surface area contributed by atoms with Crippen LogP contribution >= 0.6 is 0 Å². The molecule has 1 aromatic carbocycles. The van der Waals surface area contributed by atoms with E-state index in [0.717, 1.165) is 53.9 Å². The normalized spacial score (nSPS) is 37.8. The van der Waals surface area contributed by atoms with Crippen molar-refractivity contribution in [2.75, 3.05) is 0 Å². The molecule has 5 rings (SSSR count). The van der Waals surface area contributed by atoms with Gasteiger partial charge in [-0.3, -0.25) is 4.79 Å². The summed E-state index contributed by atoms with van der Waals surface area (Å²) >= 11 is 0. The molecule has 4 aliphatic carbocycles. The molecule has 0 amide bonds. The summed E-state index contributed by atoms with van der Waals surface area (Å²) in [6.07, 6.45) is 17.4. The Kier molecular flexibility index (Phi) is 7.95. The van der Waals surface area contributed by atoms with Crippen LogP contribution in [0.5, 0.6) is 0 Å². The molecule has 0 heterocycles. The molecule has 1 aromatic rings. The third-order valence-corrected chi connectivity index (χ3v) is 11.7. The Morgan fingerprint density at radius 3 is 2.51 bits per heavy atom. The largest absolute Gasteiger partial charge is 0.462 e. The first-order valence-electron chi connectivity index (χ1n) is 15.6. The maximum absolute atomic E-state index is 12.7. The Balaban J connectivity index is 1.22. The van der Waals surface area contributed by atoms with Crippen molar-refractivity contribution in [3.8, 4) is 0 Å². The molecule has 3 saturated carbocycles. The summed E-state index contributed by atoms with van der Waals surface area (Å²) in [6, 6.07) is 10.0. The van der Waals surface area contributed by atoms with Gasteiger partial charge in [-0.05, 0) is 96.8 Å². The van der Waals surface area contributed by atoms with Crippen molar-refractivity contribution in [2.24, 2.45) is 46.3 Å². The first-order chi connectivity index (χ1) is 17.7. The Labute approximate surface area is 227 Å². The van der Waals surface area contributed by atoms with E-state index in [2.05, 4.69) is 40.7 Å². The summed E-state index contributed by atoms with van der Waals surface area (Å²) in [6.45, 7) is 12.6. The molecular formula is C35H52O2. The van der Waals surface area contributed by atoms with Gasteiger partial charge in [0.2, 0.25) is 0 Å². The van der Waals surface area contributed by atoms with E-state index < -0.39 is 0 Å². The number of hydrogen-bond donors (Lipinski definition) is 0. The number of benzene rings is 1. The van der Waals surface area contributed by atoms with Crippen molar-refractivity contribution in [2.45, 2.75) is 118 Å². The van der Waals surface area contributed by atoms with E-state index in [1.165, 1.54) is 57.8 Å². The molecule has 204 valence electrons. The fourth-order valence-electron chi connectivity index (χ4n) is 9.74. The molecule has 1 unspecified atom stereocenters. The highest BCUT2D eigenvalue weighted by atomic mass is 16.5. The standard InChI is InChI=1S/C35H52O2/c1-24(2)10-9-11-25(3)30-16-17-31-29-15-14-27-23-28(37-33(36)22-26-12-7-6-8-13-26)18-20-34(27,4)32(29)19-21-35(30,31)5/h6-8,12-14,24-25,28-32H,9-11,15-23H2,1-5H3/t25?,28-,29-,30+,31-,32-,34-,35+/m0/s1. The minimum Gasteiger partial charge on any atom is -0.462 e. The molecule has 37 heavy (non-hydrogen) atoms. The number of allylic oxidation sites excluding steroid dienone is 1. The van der Waals surface area contributed by atoms with Gasteiger partial charge in [0.1, 0.15) is 6.10 Å². The van der Waals surface area contributed by atoms with E-state index in [9.17, 15) is 4.79 Å². The minimum atomic E-state index is -0.0676. The highest BCUT2D eigenvalue weighted by Crippen LogP contribution is 2.67. The predicted molar refractivity (Wildman–Crippen MR) is 153 cm³/mol. The first kappa shape index (κ1) is 27.0. The van der Waals surface area contributed by atoms with Gasteiger partial charge in [0.05, 0.1) is 6.42 Å². The van der Waals surface area contributed by atoms with E-state index in [4.69, 9.17) is 4.74 Å². The highest BCUT2D eigenvalue weighted by Gasteiger charge is 2.59. The average Bonchev–Trinajstić information content (AvgIpc) is 3.22. The van der Waals surface area contributed by atoms with Gasteiger partial charge in [0.15, 0.2) is 0 Å². The molecule has 0 N–H and O–H groups in total. The van der Waals surface area contributed by atoms with E-state index in [-0.39, 0.29) is 12.1 Å². The van der Waals surface area contributed by atoms with Crippen molar-refractivity contribution in [3.05, 3.63) is 47.5 Å². The lowest BCUT2D eigenvalue weighted by Gasteiger charge is -2.58. The topological polar surface area (TPSA) is 26.3 Å². The maximum Gasteiger partial charge on any atom is 0.310 e. The molecule has 0 saturated heterocycles. The molecule has 0 radical (unpaired) electrons. The lowest BCUT2D eigenvalue weighted by atomic mass is 9.47. The van der Waals surface area contributed by atoms with Gasteiger partial charge in [-0.2, -0.15) is 0 Å². The van der Waals surface area contributed by atoms with Crippen LogP contribution in [0.25, 0.3) is 0 Å². The zero-order valence-electron chi connectivity index (χ0n) is 24.3. The van der Waals surface area contributed by atoms with Crippen LogP contribution in [0, 0.1) is 46.3 Å². The van der Waals surface area contributed by atoms with Crippen LogP contribution in [0.15, 0.2) is 42.0 Å². The quantitative estimate of drug-likeness (QED) is 0.260. The number of ether oxygens (including phenoxy) is 1. The summed E-state index contributed by atoms with van der Waals surface area (Å²) in [4.78, 5) is 12.7. The monoisotopic (exact) mass is 504 g/mol. The van der Waals surface area contributed by atoms with E-state index >= 15 is 0 Å². The fourth-order valence-corrected chi connectivity index (χ4v) is 9.74. The number of rotatable bonds is 8. The summed E-state index contributed by atoms with van der Waals surface area (Å²) < 4.78 is 6.02. The molecular weight excluding hydrogens is 452 g/mol. The van der Waals surface area contributed by atoms with Crippen LogP contribution in [-0.2, 0) is 16.0 Å². The molecule has 0 spiro atoms. The van der Waals surface area contributed by atoms with Crippen LogP contribution in [0.1, 0.15) is 111 Å². The summed E-state index contributed by atoms with van der Waals surface area (Å²) in [5.41, 5.74) is 3.51. The smallest absolute Gasteiger partial charge is 0.310 e. The number of carbonyl (C=O) groups excluding carboxylic acids is 1. The van der Waals surface area contributed by atoms with Crippen LogP contribution < -0.4 is 0 Å². The van der Waals surface area contributed by atoms with E-state index in [0.29, 0.717) is 17.3 Å². The van der Waals surface area contributed by atoms with Crippen molar-refractivity contribution >= 4 is 5.97 Å². The molecule has 0 bridgehead atoms. The van der Waals surface area contributed by atoms with Gasteiger partial charge in [-0.1, -0.05) is 95.9 Å². The number of esters is 1. The van der Waals surface area contributed by atoms with Crippen molar-refractivity contribution in [3.63, 3.8) is 0 Å². The second kappa shape index (κ2) is 10.9. The predicted octanol–water partition coefficient (Wildman–Crippen LogP) is 9.18. The first-order valence-corrected chi connectivity index (χ1v) is 15.6. The van der Waals surface area contributed by atoms with E-state index in [1.807, 2.05) is 30.3 Å². The molecule has 2 heteroatoms. The molecule has 3 fully saturated rings. The summed E-state index contributed by atoms with van der Waals surface area (Å²) in [7, 11) is 0. The Hall–Kier alpha value is -1.57. The summed E-state index contributed by atoms with van der Waals surface area (Å²) in [5.74, 6) is 5.14. The lowest BCUT2D eigenvalue weighted by Crippen LogP contribution is -2.51. The second-order valence-corrected chi connectivity index (χ2v) is 14.3. The van der Waals surface area contributed by atoms with Crippen LogP contribution in [-0.4, -0.2) is 12.1 Å².